The molecule has 0 aromatic rings. The van der Waals surface area contributed by atoms with E-state index in [0.717, 1.165) is 6.92 Å². The molecule has 0 radical (unpaired) electrons. The molecule has 0 saturated carbocycles. The third kappa shape index (κ3) is 23.1. The molecule has 0 saturated heterocycles. The van der Waals surface area contributed by atoms with Crippen molar-refractivity contribution >= 4 is 5.97 Å². The molecule has 0 unspecified atom stereocenters. The second kappa shape index (κ2) is 9.91. The number of carboxylic acids is 1. The average molecular weight is 172 g/mol. The molecule has 0 atom stereocenters. The summed E-state index contributed by atoms with van der Waals surface area (Å²) >= 11 is 0. The van der Waals surface area contributed by atoms with Gasteiger partial charge in [0.2, 0.25) is 0 Å². The van der Waals surface area contributed by atoms with Crippen LogP contribution in [0, 0.1) is 0 Å². The Hall–Kier alpha value is -1.09. The molecule has 0 aromatic carbocycles. The highest BCUT2D eigenvalue weighted by Gasteiger charge is 1.84. The minimum Gasteiger partial charge on any atom is -0.481 e. The largest absolute Gasteiger partial charge is 0.481 e. The number of rotatable bonds is 2. The summed E-state index contributed by atoms with van der Waals surface area (Å²) in [5.74, 6) is -0.833. The van der Waals surface area contributed by atoms with Gasteiger partial charge in [0.05, 0.1) is 6.10 Å². The Labute approximate surface area is 73.0 Å². The van der Waals surface area contributed by atoms with Gasteiger partial charge in [0.1, 0.15) is 0 Å². The minimum absolute atomic E-state index is 0.398. The summed E-state index contributed by atoms with van der Waals surface area (Å²) in [5.41, 5.74) is 0. The zero-order valence-electron chi connectivity index (χ0n) is 7.69. The normalized spacial score (nSPS) is 12.7. The highest BCUT2D eigenvalue weighted by atomic mass is 16.4. The quantitative estimate of drug-likeness (QED) is 0.622. The molecule has 0 rings (SSSR count). The van der Waals surface area contributed by atoms with Crippen LogP contribution in [0.5, 0.6) is 0 Å². The fourth-order valence-electron chi connectivity index (χ4n) is 0.459. The van der Waals surface area contributed by atoms with Crippen molar-refractivity contribution in [3.05, 3.63) is 24.3 Å². The van der Waals surface area contributed by atoms with E-state index >= 15 is 0 Å². The van der Waals surface area contributed by atoms with E-state index in [4.69, 9.17) is 15.0 Å². The Balaban J connectivity index is 0. The number of aliphatic hydroxyl groups excluding tert-OH is 1. The number of carboxylic acid groups (broad SMARTS) is 1. The summed E-state index contributed by atoms with van der Waals surface area (Å²) in [6.07, 6.45) is 6.69. The van der Waals surface area contributed by atoms with Crippen molar-refractivity contribution in [1.29, 1.82) is 0 Å². The topological polar surface area (TPSA) is 57.5 Å². The molecule has 0 heterocycles. The summed E-state index contributed by atoms with van der Waals surface area (Å²) in [6, 6.07) is 0. The first-order chi connectivity index (χ1) is 5.54. The molecule has 3 nitrogen and oxygen atoms in total. The maximum absolute atomic E-state index is 9.00. The fraction of sp³-hybridized carbons (Fsp3) is 0.444. The molecule has 3 heteroatoms. The monoisotopic (exact) mass is 172 g/mol. The van der Waals surface area contributed by atoms with Gasteiger partial charge in [-0.25, -0.2) is 0 Å². The van der Waals surface area contributed by atoms with E-state index in [2.05, 4.69) is 0 Å². The van der Waals surface area contributed by atoms with E-state index in [1.807, 2.05) is 26.0 Å². The number of aliphatic carboxylic acids is 1. The number of hydrogen-bond acceptors (Lipinski definition) is 2. The number of allylic oxidation sites excluding steroid dienone is 2. The first-order valence-electron chi connectivity index (χ1n) is 3.67. The zero-order valence-corrected chi connectivity index (χ0v) is 7.69. The zero-order chi connectivity index (χ0) is 9.98. The van der Waals surface area contributed by atoms with Gasteiger partial charge in [-0.2, -0.15) is 0 Å². The lowest BCUT2D eigenvalue weighted by molar-refractivity contribution is -0.134. The van der Waals surface area contributed by atoms with Crippen LogP contribution in [0.25, 0.3) is 0 Å². The molecule has 0 fully saturated rings. The second-order valence-corrected chi connectivity index (χ2v) is 2.06. The van der Waals surface area contributed by atoms with Crippen molar-refractivity contribution in [3.63, 3.8) is 0 Å². The number of carbonyl (C=O) groups is 1. The van der Waals surface area contributed by atoms with Gasteiger partial charge in [0.25, 0.3) is 5.97 Å². The molecule has 0 aromatic heterocycles. The predicted molar refractivity (Wildman–Crippen MR) is 48.9 cm³/mol. The van der Waals surface area contributed by atoms with E-state index in [1.165, 1.54) is 0 Å². The molecular weight excluding hydrogens is 156 g/mol. The molecule has 0 aliphatic carbocycles. The van der Waals surface area contributed by atoms with E-state index in [0.29, 0.717) is 0 Å². The van der Waals surface area contributed by atoms with Gasteiger partial charge in [-0.1, -0.05) is 24.3 Å². The van der Waals surface area contributed by atoms with Crippen molar-refractivity contribution in [2.45, 2.75) is 26.9 Å². The van der Waals surface area contributed by atoms with Crippen LogP contribution in [0.15, 0.2) is 24.3 Å². The van der Waals surface area contributed by atoms with Gasteiger partial charge < -0.3 is 10.2 Å². The molecule has 0 spiro atoms. The highest BCUT2D eigenvalue weighted by molar-refractivity contribution is 5.62. The third-order valence-corrected chi connectivity index (χ3v) is 0.779. The standard InChI is InChI=1S/C7H12O.C2H4O2/c1-3-5-7(8)6-4-2;1-2(3)4/h3-8H,1-2H3;1H3,(H,3,4). The summed E-state index contributed by atoms with van der Waals surface area (Å²) in [6.45, 7) is 4.85. The first-order valence-corrected chi connectivity index (χ1v) is 3.67. The Morgan fingerprint density at radius 2 is 1.50 bits per heavy atom. The molecule has 0 amide bonds. The van der Waals surface area contributed by atoms with Crippen LogP contribution in [-0.2, 0) is 4.79 Å². The predicted octanol–water partition coefficient (Wildman–Crippen LogP) is 1.59. The second-order valence-electron chi connectivity index (χ2n) is 2.06. The summed E-state index contributed by atoms with van der Waals surface area (Å²) in [4.78, 5) is 9.00. The Morgan fingerprint density at radius 1 is 1.25 bits per heavy atom. The SMILES string of the molecule is CC(=O)O.CC=CC(O)C=CC. The first kappa shape index (κ1) is 13.5. The number of hydrogen-bond donors (Lipinski definition) is 2. The van der Waals surface area contributed by atoms with Crippen LogP contribution in [0.4, 0.5) is 0 Å². The van der Waals surface area contributed by atoms with Crippen molar-refractivity contribution in [1.82, 2.24) is 0 Å². The van der Waals surface area contributed by atoms with Crippen LogP contribution >= 0.6 is 0 Å². The van der Waals surface area contributed by atoms with Gasteiger partial charge in [-0.15, -0.1) is 0 Å². The maximum atomic E-state index is 9.00. The lowest BCUT2D eigenvalue weighted by atomic mass is 10.3. The van der Waals surface area contributed by atoms with Crippen LogP contribution in [0.2, 0.25) is 0 Å². The molecule has 0 aliphatic rings. The molecule has 0 aliphatic heterocycles. The van der Waals surface area contributed by atoms with Gasteiger partial charge in [0.15, 0.2) is 0 Å². The number of aliphatic hydroxyl groups is 1. The summed E-state index contributed by atoms with van der Waals surface area (Å²) < 4.78 is 0. The van der Waals surface area contributed by atoms with Gasteiger partial charge in [0, 0.05) is 6.92 Å². The maximum Gasteiger partial charge on any atom is 0.300 e. The third-order valence-electron chi connectivity index (χ3n) is 0.779. The summed E-state index contributed by atoms with van der Waals surface area (Å²) in [5, 5.41) is 16.3. The molecular formula is C9H16O3. The molecule has 2 N–H and O–H groups in total. The lowest BCUT2D eigenvalue weighted by Crippen LogP contribution is -1.93. The summed E-state index contributed by atoms with van der Waals surface area (Å²) in [7, 11) is 0. The smallest absolute Gasteiger partial charge is 0.300 e. The average Bonchev–Trinajstić information content (AvgIpc) is 1.87. The molecule has 0 bridgehead atoms. The fourth-order valence-corrected chi connectivity index (χ4v) is 0.459. The van der Waals surface area contributed by atoms with E-state index in [9.17, 15) is 0 Å². The van der Waals surface area contributed by atoms with Crippen molar-refractivity contribution in [3.8, 4) is 0 Å². The van der Waals surface area contributed by atoms with E-state index in [1.54, 1.807) is 12.2 Å². The molecule has 70 valence electrons. The Bertz CT molecular complexity index is 143. The lowest BCUT2D eigenvalue weighted by Gasteiger charge is -1.92. The highest BCUT2D eigenvalue weighted by Crippen LogP contribution is 1.86. The van der Waals surface area contributed by atoms with Crippen LogP contribution in [0.3, 0.4) is 0 Å². The van der Waals surface area contributed by atoms with Gasteiger partial charge in [-0.05, 0) is 13.8 Å². The van der Waals surface area contributed by atoms with Crippen LogP contribution in [-0.4, -0.2) is 22.3 Å². The van der Waals surface area contributed by atoms with Crippen LogP contribution in [0.1, 0.15) is 20.8 Å². The minimum atomic E-state index is -0.833. The van der Waals surface area contributed by atoms with Crippen molar-refractivity contribution in [2.24, 2.45) is 0 Å². The Kier molecular flexibility index (Phi) is 11.1. The van der Waals surface area contributed by atoms with E-state index in [-0.39, 0.29) is 0 Å². The van der Waals surface area contributed by atoms with Crippen molar-refractivity contribution < 1.29 is 15.0 Å². The molecule has 12 heavy (non-hydrogen) atoms. The Morgan fingerprint density at radius 3 is 1.67 bits per heavy atom. The van der Waals surface area contributed by atoms with Crippen molar-refractivity contribution in [2.75, 3.05) is 0 Å². The van der Waals surface area contributed by atoms with E-state index < -0.39 is 12.1 Å². The van der Waals surface area contributed by atoms with Gasteiger partial charge in [-0.3, -0.25) is 4.79 Å². The van der Waals surface area contributed by atoms with Gasteiger partial charge >= 0.3 is 0 Å². The van der Waals surface area contributed by atoms with Crippen LogP contribution < -0.4 is 0 Å².